The van der Waals surface area contributed by atoms with Crippen molar-refractivity contribution in [3.63, 3.8) is 0 Å². The number of nitrogens with two attached hydrogens (primary N) is 1. The van der Waals surface area contributed by atoms with Gasteiger partial charge in [-0.15, -0.1) is 0 Å². The predicted octanol–water partition coefficient (Wildman–Crippen LogP) is 2.78. The minimum atomic E-state index is -3.58. The molecular formula is C13H19ClN2O2S. The lowest BCUT2D eigenvalue weighted by atomic mass is 10.0. The molecule has 0 radical (unpaired) electrons. The van der Waals surface area contributed by atoms with E-state index in [2.05, 4.69) is 4.72 Å². The number of hydrogen-bond donors (Lipinski definition) is 2. The zero-order valence-corrected chi connectivity index (χ0v) is 12.5. The Hall–Kier alpha value is -0.780. The lowest BCUT2D eigenvalue weighted by molar-refractivity contribution is 0.424. The van der Waals surface area contributed by atoms with E-state index in [0.29, 0.717) is 10.9 Å². The summed E-state index contributed by atoms with van der Waals surface area (Å²) in [5.74, 6) is 0.420. The first-order valence-electron chi connectivity index (χ1n) is 6.47. The molecule has 1 aliphatic carbocycles. The summed E-state index contributed by atoms with van der Waals surface area (Å²) in [4.78, 5) is 0.0988. The van der Waals surface area contributed by atoms with E-state index in [0.717, 1.165) is 12.8 Å². The maximum absolute atomic E-state index is 12.3. The number of nitrogens with one attached hydrogen (secondary N) is 1. The number of benzene rings is 1. The molecule has 0 amide bonds. The van der Waals surface area contributed by atoms with Gasteiger partial charge in [-0.3, -0.25) is 0 Å². The minimum Gasteiger partial charge on any atom is -0.398 e. The third-order valence-electron chi connectivity index (χ3n) is 3.71. The number of anilines is 1. The van der Waals surface area contributed by atoms with Crippen LogP contribution in [-0.2, 0) is 10.0 Å². The van der Waals surface area contributed by atoms with Gasteiger partial charge in [0.1, 0.15) is 4.90 Å². The van der Waals surface area contributed by atoms with Gasteiger partial charge in [0.25, 0.3) is 0 Å². The standard InChI is InChI=1S/C13H19ClN2O2S/c1-9(10-4-2-3-5-10)16-19(17,18)13-7-6-11(14)8-12(13)15/h6-10,16H,2-5,15H2,1H3. The van der Waals surface area contributed by atoms with E-state index in [4.69, 9.17) is 17.3 Å². The average Bonchev–Trinajstić information content (AvgIpc) is 2.80. The van der Waals surface area contributed by atoms with Crippen LogP contribution in [0.4, 0.5) is 5.69 Å². The average molecular weight is 303 g/mol. The Morgan fingerprint density at radius 3 is 2.58 bits per heavy atom. The molecule has 1 unspecified atom stereocenters. The predicted molar refractivity (Wildman–Crippen MR) is 77.6 cm³/mol. The van der Waals surface area contributed by atoms with Crippen LogP contribution in [0.3, 0.4) is 0 Å². The molecule has 0 spiro atoms. The molecule has 4 nitrogen and oxygen atoms in total. The summed E-state index contributed by atoms with van der Waals surface area (Å²) < 4.78 is 27.3. The highest BCUT2D eigenvalue weighted by molar-refractivity contribution is 7.89. The summed E-state index contributed by atoms with van der Waals surface area (Å²) in [6.07, 6.45) is 4.53. The summed E-state index contributed by atoms with van der Waals surface area (Å²) >= 11 is 5.78. The Morgan fingerprint density at radius 2 is 2.00 bits per heavy atom. The van der Waals surface area contributed by atoms with Gasteiger partial charge >= 0.3 is 0 Å². The SMILES string of the molecule is CC(NS(=O)(=O)c1ccc(Cl)cc1N)C1CCCC1. The quantitative estimate of drug-likeness (QED) is 0.840. The van der Waals surface area contributed by atoms with Crippen LogP contribution in [0.2, 0.25) is 5.02 Å². The molecule has 6 heteroatoms. The first-order valence-corrected chi connectivity index (χ1v) is 8.33. The summed E-state index contributed by atoms with van der Waals surface area (Å²) in [5, 5.41) is 0.431. The number of nitrogen functional groups attached to an aromatic ring is 1. The molecule has 0 heterocycles. The Balaban J connectivity index is 2.17. The molecule has 106 valence electrons. The van der Waals surface area contributed by atoms with Crippen molar-refractivity contribution in [1.29, 1.82) is 0 Å². The maximum atomic E-state index is 12.3. The monoisotopic (exact) mass is 302 g/mol. The van der Waals surface area contributed by atoms with E-state index in [1.165, 1.54) is 31.0 Å². The molecule has 0 bridgehead atoms. The molecule has 1 aliphatic rings. The third kappa shape index (κ3) is 3.41. The fraction of sp³-hybridized carbons (Fsp3) is 0.538. The Labute approximate surface area is 119 Å². The second kappa shape index (κ2) is 5.69. The molecule has 0 saturated heterocycles. The van der Waals surface area contributed by atoms with Crippen LogP contribution in [-0.4, -0.2) is 14.5 Å². The Kier molecular flexibility index (Phi) is 4.38. The van der Waals surface area contributed by atoms with Gasteiger partial charge in [0, 0.05) is 11.1 Å². The molecule has 0 aliphatic heterocycles. The van der Waals surface area contributed by atoms with Crippen molar-refractivity contribution in [2.45, 2.75) is 43.5 Å². The first-order chi connectivity index (χ1) is 8.90. The van der Waals surface area contributed by atoms with Crippen molar-refractivity contribution < 1.29 is 8.42 Å². The maximum Gasteiger partial charge on any atom is 0.242 e. The molecule has 1 atom stereocenters. The van der Waals surface area contributed by atoms with Gasteiger partial charge in [-0.25, -0.2) is 13.1 Å². The molecule has 1 aromatic carbocycles. The smallest absolute Gasteiger partial charge is 0.242 e. The zero-order valence-electron chi connectivity index (χ0n) is 10.9. The first kappa shape index (κ1) is 14.6. The topological polar surface area (TPSA) is 72.2 Å². The molecule has 0 aromatic heterocycles. The molecule has 3 N–H and O–H groups in total. The van der Waals surface area contributed by atoms with E-state index in [-0.39, 0.29) is 16.6 Å². The Morgan fingerprint density at radius 1 is 1.37 bits per heavy atom. The second-order valence-electron chi connectivity index (χ2n) is 5.14. The highest BCUT2D eigenvalue weighted by atomic mass is 35.5. The van der Waals surface area contributed by atoms with Crippen molar-refractivity contribution >= 4 is 27.3 Å². The third-order valence-corrected chi connectivity index (χ3v) is 5.58. The highest BCUT2D eigenvalue weighted by Gasteiger charge is 2.27. The van der Waals surface area contributed by atoms with Crippen LogP contribution in [0.15, 0.2) is 23.1 Å². The van der Waals surface area contributed by atoms with Crippen LogP contribution in [0, 0.1) is 5.92 Å². The van der Waals surface area contributed by atoms with Gasteiger partial charge in [-0.2, -0.15) is 0 Å². The van der Waals surface area contributed by atoms with Crippen molar-refractivity contribution in [2.75, 3.05) is 5.73 Å². The van der Waals surface area contributed by atoms with Gasteiger partial charge in [-0.1, -0.05) is 24.4 Å². The summed E-state index contributed by atoms with van der Waals surface area (Å²) in [5.41, 5.74) is 5.91. The van der Waals surface area contributed by atoms with Crippen LogP contribution in [0.1, 0.15) is 32.6 Å². The van der Waals surface area contributed by atoms with Gasteiger partial charge in [0.15, 0.2) is 0 Å². The minimum absolute atomic E-state index is 0.0671. The van der Waals surface area contributed by atoms with Crippen molar-refractivity contribution in [2.24, 2.45) is 5.92 Å². The molecule has 2 rings (SSSR count). The van der Waals surface area contributed by atoms with Crippen molar-refractivity contribution in [1.82, 2.24) is 4.72 Å². The number of halogens is 1. The molecule has 19 heavy (non-hydrogen) atoms. The van der Waals surface area contributed by atoms with Crippen LogP contribution >= 0.6 is 11.6 Å². The van der Waals surface area contributed by atoms with Crippen LogP contribution in [0.25, 0.3) is 0 Å². The molecular weight excluding hydrogens is 284 g/mol. The van der Waals surface area contributed by atoms with Crippen molar-refractivity contribution in [3.05, 3.63) is 23.2 Å². The lowest BCUT2D eigenvalue weighted by Crippen LogP contribution is -2.37. The highest BCUT2D eigenvalue weighted by Crippen LogP contribution is 2.29. The van der Waals surface area contributed by atoms with Crippen LogP contribution in [0.5, 0.6) is 0 Å². The Bertz CT molecular complexity index is 554. The lowest BCUT2D eigenvalue weighted by Gasteiger charge is -2.20. The fourth-order valence-electron chi connectivity index (χ4n) is 2.63. The zero-order chi connectivity index (χ0) is 14.0. The summed E-state index contributed by atoms with van der Waals surface area (Å²) in [6, 6.07) is 4.37. The largest absolute Gasteiger partial charge is 0.398 e. The van der Waals surface area contributed by atoms with Crippen LogP contribution < -0.4 is 10.5 Å². The number of sulfonamides is 1. The van der Waals surface area contributed by atoms with E-state index in [9.17, 15) is 8.42 Å². The van der Waals surface area contributed by atoms with E-state index < -0.39 is 10.0 Å². The van der Waals surface area contributed by atoms with Gasteiger partial charge < -0.3 is 5.73 Å². The van der Waals surface area contributed by atoms with E-state index in [1.807, 2.05) is 6.92 Å². The van der Waals surface area contributed by atoms with E-state index in [1.54, 1.807) is 0 Å². The fourth-order valence-corrected chi connectivity index (χ4v) is 4.23. The van der Waals surface area contributed by atoms with Crippen molar-refractivity contribution in [3.8, 4) is 0 Å². The van der Waals surface area contributed by atoms with Gasteiger partial charge in [-0.05, 0) is 43.9 Å². The number of rotatable bonds is 4. The number of hydrogen-bond acceptors (Lipinski definition) is 3. The summed E-state index contributed by atoms with van der Waals surface area (Å²) in [7, 11) is -3.58. The molecule has 1 saturated carbocycles. The molecule has 1 fully saturated rings. The summed E-state index contributed by atoms with van der Waals surface area (Å²) in [6.45, 7) is 1.92. The van der Waals surface area contributed by atoms with Gasteiger partial charge in [0.2, 0.25) is 10.0 Å². The molecule has 1 aromatic rings. The normalized spacial score (nSPS) is 18.6. The second-order valence-corrected chi connectivity index (χ2v) is 7.26. The van der Waals surface area contributed by atoms with Gasteiger partial charge in [0.05, 0.1) is 5.69 Å². The van der Waals surface area contributed by atoms with E-state index >= 15 is 0 Å².